The molecule has 0 heterocycles. The van der Waals surface area contributed by atoms with Crippen LogP contribution in [0.3, 0.4) is 0 Å². The van der Waals surface area contributed by atoms with E-state index in [4.69, 9.17) is 4.74 Å². The number of carbonyl (C=O) groups is 1. The van der Waals surface area contributed by atoms with Gasteiger partial charge in [0.1, 0.15) is 5.75 Å². The molecule has 0 fully saturated rings. The van der Waals surface area contributed by atoms with E-state index < -0.39 is 0 Å². The van der Waals surface area contributed by atoms with Crippen LogP contribution >= 0.6 is 0 Å². The van der Waals surface area contributed by atoms with Crippen LogP contribution in [0.15, 0.2) is 24.3 Å². The number of hydrogen-bond acceptors (Lipinski definition) is 3. The van der Waals surface area contributed by atoms with E-state index in [0.717, 1.165) is 17.7 Å². The maximum atomic E-state index is 11.7. The molecule has 0 radical (unpaired) electrons. The first-order valence-corrected chi connectivity index (χ1v) is 6.23. The van der Waals surface area contributed by atoms with Crippen molar-refractivity contribution >= 4 is 5.91 Å². The third-order valence-electron chi connectivity index (χ3n) is 2.84. The molecule has 0 saturated heterocycles. The number of rotatable bonds is 7. The lowest BCUT2D eigenvalue weighted by Gasteiger charge is -2.12. The number of methoxy groups -OCH3 is 1. The van der Waals surface area contributed by atoms with Crippen molar-refractivity contribution in [3.8, 4) is 5.75 Å². The molecule has 1 rings (SSSR count). The monoisotopic (exact) mass is 250 g/mol. The molecule has 4 heteroatoms. The molecule has 0 bridgehead atoms. The van der Waals surface area contributed by atoms with Gasteiger partial charge in [-0.05, 0) is 25.1 Å². The molecule has 0 spiro atoms. The summed E-state index contributed by atoms with van der Waals surface area (Å²) in [7, 11) is 3.50. The Morgan fingerprint density at radius 3 is 2.78 bits per heavy atom. The zero-order valence-corrected chi connectivity index (χ0v) is 11.3. The van der Waals surface area contributed by atoms with Crippen LogP contribution in [0.5, 0.6) is 5.75 Å². The topological polar surface area (TPSA) is 50.4 Å². The summed E-state index contributed by atoms with van der Waals surface area (Å²) in [5, 5.41) is 5.93. The third-order valence-corrected chi connectivity index (χ3v) is 2.84. The molecule has 100 valence electrons. The molecular weight excluding hydrogens is 228 g/mol. The number of para-hydroxylation sites is 1. The van der Waals surface area contributed by atoms with Crippen molar-refractivity contribution in [3.05, 3.63) is 29.8 Å². The van der Waals surface area contributed by atoms with Gasteiger partial charge in [0.2, 0.25) is 5.91 Å². The zero-order valence-electron chi connectivity index (χ0n) is 11.3. The van der Waals surface area contributed by atoms with E-state index in [1.807, 2.05) is 38.2 Å². The van der Waals surface area contributed by atoms with Gasteiger partial charge in [0, 0.05) is 19.0 Å². The lowest BCUT2D eigenvalue weighted by atomic mass is 10.1. The minimum Gasteiger partial charge on any atom is -0.496 e. The molecule has 0 saturated carbocycles. The number of amides is 1. The number of ether oxygens (including phenoxy) is 1. The van der Waals surface area contributed by atoms with Crippen LogP contribution in [0.1, 0.15) is 12.5 Å². The number of hydrogen-bond donors (Lipinski definition) is 2. The summed E-state index contributed by atoms with van der Waals surface area (Å²) in [5.74, 6) is 0.946. The van der Waals surface area contributed by atoms with Crippen molar-refractivity contribution in [3.63, 3.8) is 0 Å². The number of nitrogens with one attached hydrogen (secondary N) is 2. The molecule has 1 aromatic rings. The maximum Gasteiger partial charge on any atom is 0.224 e. The zero-order chi connectivity index (χ0) is 13.4. The highest BCUT2D eigenvalue weighted by Crippen LogP contribution is 2.17. The minimum absolute atomic E-state index is 0.00679. The smallest absolute Gasteiger partial charge is 0.224 e. The Bertz CT molecular complexity index is 380. The van der Waals surface area contributed by atoms with Crippen LogP contribution in [0.2, 0.25) is 0 Å². The lowest BCUT2D eigenvalue weighted by molar-refractivity contribution is -0.124. The average molecular weight is 250 g/mol. The Morgan fingerprint density at radius 2 is 2.11 bits per heavy atom. The van der Waals surface area contributed by atoms with E-state index in [1.54, 1.807) is 7.11 Å². The molecule has 0 aliphatic rings. The summed E-state index contributed by atoms with van der Waals surface area (Å²) in [6.07, 6.45) is 0.780. The summed E-state index contributed by atoms with van der Waals surface area (Å²) in [5.41, 5.74) is 1.11. The van der Waals surface area contributed by atoms with Crippen LogP contribution in [-0.4, -0.2) is 33.2 Å². The predicted molar refractivity (Wildman–Crippen MR) is 72.8 cm³/mol. The van der Waals surface area contributed by atoms with Crippen molar-refractivity contribution in [2.24, 2.45) is 5.92 Å². The second kappa shape index (κ2) is 7.71. The van der Waals surface area contributed by atoms with Gasteiger partial charge >= 0.3 is 0 Å². The Morgan fingerprint density at radius 1 is 1.39 bits per heavy atom. The van der Waals surface area contributed by atoms with Crippen molar-refractivity contribution in [1.82, 2.24) is 10.6 Å². The Hall–Kier alpha value is -1.55. The molecule has 1 aromatic carbocycles. The van der Waals surface area contributed by atoms with Crippen molar-refractivity contribution in [2.75, 3.05) is 27.2 Å². The molecule has 18 heavy (non-hydrogen) atoms. The van der Waals surface area contributed by atoms with Crippen LogP contribution < -0.4 is 15.4 Å². The maximum absolute atomic E-state index is 11.7. The summed E-state index contributed by atoms with van der Waals surface area (Å²) in [6, 6.07) is 7.86. The van der Waals surface area contributed by atoms with E-state index in [9.17, 15) is 4.79 Å². The Labute approximate surface area is 109 Å². The number of carbonyl (C=O) groups excluding carboxylic acids is 1. The van der Waals surface area contributed by atoms with Gasteiger partial charge in [-0.3, -0.25) is 4.79 Å². The van der Waals surface area contributed by atoms with Crippen molar-refractivity contribution in [2.45, 2.75) is 13.3 Å². The van der Waals surface area contributed by atoms with Crippen LogP contribution in [0.4, 0.5) is 0 Å². The van der Waals surface area contributed by atoms with Crippen LogP contribution in [0, 0.1) is 5.92 Å². The van der Waals surface area contributed by atoms with Gasteiger partial charge in [-0.25, -0.2) is 0 Å². The van der Waals surface area contributed by atoms with Gasteiger partial charge in [-0.2, -0.15) is 0 Å². The van der Waals surface area contributed by atoms with Gasteiger partial charge in [0.05, 0.1) is 7.11 Å². The minimum atomic E-state index is -0.00679. The summed E-state index contributed by atoms with van der Waals surface area (Å²) in [4.78, 5) is 11.7. The molecule has 1 unspecified atom stereocenters. The van der Waals surface area contributed by atoms with Gasteiger partial charge in [0.15, 0.2) is 0 Å². The highest BCUT2D eigenvalue weighted by molar-refractivity contribution is 5.78. The second-order valence-corrected chi connectivity index (χ2v) is 4.31. The van der Waals surface area contributed by atoms with E-state index in [-0.39, 0.29) is 11.8 Å². The predicted octanol–water partition coefficient (Wildman–Crippen LogP) is 1.21. The highest BCUT2D eigenvalue weighted by atomic mass is 16.5. The average Bonchev–Trinajstić information content (AvgIpc) is 2.39. The molecular formula is C14H22N2O2. The molecule has 0 aromatic heterocycles. The fraction of sp³-hybridized carbons (Fsp3) is 0.500. The van der Waals surface area contributed by atoms with Crippen LogP contribution in [-0.2, 0) is 11.2 Å². The van der Waals surface area contributed by atoms with Crippen molar-refractivity contribution in [1.29, 1.82) is 0 Å². The van der Waals surface area contributed by atoms with Gasteiger partial charge in [0.25, 0.3) is 0 Å². The van der Waals surface area contributed by atoms with Gasteiger partial charge in [-0.15, -0.1) is 0 Å². The quantitative estimate of drug-likeness (QED) is 0.765. The fourth-order valence-corrected chi connectivity index (χ4v) is 1.80. The first-order valence-electron chi connectivity index (χ1n) is 6.23. The molecule has 0 aliphatic carbocycles. The van der Waals surface area contributed by atoms with E-state index in [0.29, 0.717) is 13.1 Å². The van der Waals surface area contributed by atoms with E-state index >= 15 is 0 Å². The lowest BCUT2D eigenvalue weighted by Crippen LogP contribution is -2.35. The summed E-state index contributed by atoms with van der Waals surface area (Å²) in [6.45, 7) is 3.24. The first-order chi connectivity index (χ1) is 8.69. The molecule has 2 N–H and O–H groups in total. The molecule has 1 atom stereocenters. The highest BCUT2D eigenvalue weighted by Gasteiger charge is 2.11. The summed E-state index contributed by atoms with van der Waals surface area (Å²) < 4.78 is 5.27. The van der Waals surface area contributed by atoms with Crippen molar-refractivity contribution < 1.29 is 9.53 Å². The second-order valence-electron chi connectivity index (χ2n) is 4.31. The largest absolute Gasteiger partial charge is 0.496 e. The third kappa shape index (κ3) is 4.37. The molecule has 0 aliphatic heterocycles. The summed E-state index contributed by atoms with van der Waals surface area (Å²) >= 11 is 0. The van der Waals surface area contributed by atoms with E-state index in [1.165, 1.54) is 0 Å². The molecule has 4 nitrogen and oxygen atoms in total. The Kier molecular flexibility index (Phi) is 6.22. The van der Waals surface area contributed by atoms with Crippen LogP contribution in [0.25, 0.3) is 0 Å². The first kappa shape index (κ1) is 14.5. The standard InChI is InChI=1S/C14H22N2O2/c1-11(10-15-2)14(17)16-9-8-12-6-4-5-7-13(12)18-3/h4-7,11,15H,8-10H2,1-3H3,(H,16,17). The Balaban J connectivity index is 2.39. The number of benzene rings is 1. The fourth-order valence-electron chi connectivity index (χ4n) is 1.80. The normalized spacial score (nSPS) is 11.9. The van der Waals surface area contributed by atoms with Gasteiger partial charge < -0.3 is 15.4 Å². The van der Waals surface area contributed by atoms with Gasteiger partial charge in [-0.1, -0.05) is 25.1 Å². The SMILES string of the molecule is CNCC(C)C(=O)NCCc1ccccc1OC. The molecule has 1 amide bonds. The van der Waals surface area contributed by atoms with E-state index in [2.05, 4.69) is 10.6 Å².